The number of carbonyl (C=O) groups excluding carboxylic acids is 2. The highest BCUT2D eigenvalue weighted by Gasteiger charge is 2.29. The van der Waals surface area contributed by atoms with Gasteiger partial charge in [-0.05, 0) is 60.7 Å². The summed E-state index contributed by atoms with van der Waals surface area (Å²) >= 11 is 0. The quantitative estimate of drug-likeness (QED) is 0.375. The third kappa shape index (κ3) is 5.56. The molecule has 0 bridgehead atoms. The van der Waals surface area contributed by atoms with E-state index in [-0.39, 0.29) is 23.5 Å². The molecule has 0 aliphatic carbocycles. The molecule has 2 heterocycles. The third-order valence-corrected chi connectivity index (χ3v) is 7.22. The van der Waals surface area contributed by atoms with Crippen LogP contribution in [0.15, 0.2) is 72.8 Å². The van der Waals surface area contributed by atoms with Gasteiger partial charge in [0.1, 0.15) is 5.82 Å². The Hall–Kier alpha value is -4.00. The Morgan fingerprint density at radius 3 is 2.59 bits per heavy atom. The van der Waals surface area contributed by atoms with Gasteiger partial charge in [0, 0.05) is 49.4 Å². The lowest BCUT2D eigenvalue weighted by Crippen LogP contribution is -2.43. The molecule has 0 radical (unpaired) electrons. The summed E-state index contributed by atoms with van der Waals surface area (Å²) < 4.78 is 13.5. The number of halogens is 1. The van der Waals surface area contributed by atoms with Crippen molar-refractivity contribution >= 4 is 22.6 Å². The van der Waals surface area contributed by atoms with Crippen LogP contribution in [0.3, 0.4) is 0 Å². The molecule has 5 rings (SSSR count). The fourth-order valence-corrected chi connectivity index (χ4v) is 5.13. The van der Waals surface area contributed by atoms with E-state index in [4.69, 9.17) is 0 Å². The van der Waals surface area contributed by atoms with Crippen LogP contribution in [0.5, 0.6) is 0 Å². The molecular weight excluding hydrogens is 467 g/mol. The predicted molar refractivity (Wildman–Crippen MR) is 143 cm³/mol. The second-order valence-electron chi connectivity index (χ2n) is 9.75. The first kappa shape index (κ1) is 24.7. The molecule has 0 unspecified atom stereocenters. The Kier molecular flexibility index (Phi) is 7.30. The van der Waals surface area contributed by atoms with Crippen LogP contribution in [0.1, 0.15) is 35.3 Å². The van der Waals surface area contributed by atoms with Gasteiger partial charge in [-0.25, -0.2) is 4.39 Å². The minimum atomic E-state index is -0.286. The number of piperidine rings is 1. The number of H-pyrrole nitrogens is 1. The molecule has 6 nitrogen and oxygen atoms in total. The monoisotopic (exact) mass is 498 g/mol. The molecule has 0 atom stereocenters. The summed E-state index contributed by atoms with van der Waals surface area (Å²) in [5.41, 5.74) is 3.13. The van der Waals surface area contributed by atoms with Gasteiger partial charge in [-0.3, -0.25) is 14.7 Å². The van der Waals surface area contributed by atoms with Crippen molar-refractivity contribution in [3.8, 4) is 11.3 Å². The Morgan fingerprint density at radius 2 is 1.78 bits per heavy atom. The van der Waals surface area contributed by atoms with Gasteiger partial charge < -0.3 is 9.80 Å². The van der Waals surface area contributed by atoms with Crippen molar-refractivity contribution in [1.29, 1.82) is 0 Å². The summed E-state index contributed by atoms with van der Waals surface area (Å²) in [6.45, 7) is 1.81. The molecule has 1 fully saturated rings. The van der Waals surface area contributed by atoms with Gasteiger partial charge in [0.2, 0.25) is 5.91 Å². The average molecular weight is 499 g/mol. The highest BCUT2D eigenvalue weighted by molar-refractivity contribution is 6.07. The predicted octanol–water partition coefficient (Wildman–Crippen LogP) is 5.31. The first-order valence-corrected chi connectivity index (χ1v) is 12.8. The molecule has 1 saturated heterocycles. The zero-order valence-electron chi connectivity index (χ0n) is 21.0. The third-order valence-electron chi connectivity index (χ3n) is 7.22. The maximum Gasteiger partial charge on any atom is 0.254 e. The SMILES string of the molecule is CN(CCCc1cc(-c2cccc(F)c2)n[nH]1)C(=O)C1CCN(C(=O)c2cccc3ccccc23)CC1. The van der Waals surface area contributed by atoms with Crippen molar-refractivity contribution in [1.82, 2.24) is 20.0 Å². The van der Waals surface area contributed by atoms with Gasteiger partial charge in [-0.2, -0.15) is 5.10 Å². The zero-order chi connectivity index (χ0) is 25.8. The fraction of sp³-hybridized carbons (Fsp3) is 0.300. The van der Waals surface area contributed by atoms with E-state index in [1.807, 2.05) is 66.5 Å². The van der Waals surface area contributed by atoms with Crippen LogP contribution in [0.2, 0.25) is 0 Å². The molecule has 7 heteroatoms. The Balaban J connectivity index is 1.10. The topological polar surface area (TPSA) is 69.3 Å². The summed E-state index contributed by atoms with van der Waals surface area (Å²) in [4.78, 5) is 29.9. The Morgan fingerprint density at radius 1 is 1.03 bits per heavy atom. The summed E-state index contributed by atoms with van der Waals surface area (Å²) in [6.07, 6.45) is 2.90. The largest absolute Gasteiger partial charge is 0.346 e. The lowest BCUT2D eigenvalue weighted by Gasteiger charge is -2.33. The summed E-state index contributed by atoms with van der Waals surface area (Å²) in [6, 6.07) is 22.1. The van der Waals surface area contributed by atoms with E-state index >= 15 is 0 Å². The number of aromatic amines is 1. The Labute approximate surface area is 216 Å². The first-order valence-electron chi connectivity index (χ1n) is 12.8. The van der Waals surface area contributed by atoms with E-state index in [9.17, 15) is 14.0 Å². The number of amides is 2. The van der Waals surface area contributed by atoms with Gasteiger partial charge >= 0.3 is 0 Å². The molecule has 190 valence electrons. The van der Waals surface area contributed by atoms with Gasteiger partial charge in [-0.1, -0.05) is 48.5 Å². The van der Waals surface area contributed by atoms with Crippen molar-refractivity contribution < 1.29 is 14.0 Å². The van der Waals surface area contributed by atoms with Crippen LogP contribution in [-0.2, 0) is 11.2 Å². The molecule has 1 aliphatic rings. The minimum Gasteiger partial charge on any atom is -0.346 e. The fourth-order valence-electron chi connectivity index (χ4n) is 5.13. The highest BCUT2D eigenvalue weighted by atomic mass is 19.1. The van der Waals surface area contributed by atoms with Gasteiger partial charge in [0.25, 0.3) is 5.91 Å². The van der Waals surface area contributed by atoms with E-state index < -0.39 is 0 Å². The molecule has 4 aromatic rings. The molecule has 3 aromatic carbocycles. The number of hydrogen-bond donors (Lipinski definition) is 1. The first-order chi connectivity index (χ1) is 18.0. The van der Waals surface area contributed by atoms with E-state index in [0.29, 0.717) is 38.2 Å². The van der Waals surface area contributed by atoms with Crippen molar-refractivity contribution in [2.45, 2.75) is 25.7 Å². The number of likely N-dealkylation sites (tertiary alicyclic amines) is 1. The number of nitrogens with zero attached hydrogens (tertiary/aromatic N) is 3. The lowest BCUT2D eigenvalue weighted by atomic mass is 9.94. The van der Waals surface area contributed by atoms with E-state index in [1.165, 1.54) is 12.1 Å². The van der Waals surface area contributed by atoms with Gasteiger partial charge in [0.05, 0.1) is 5.69 Å². The van der Waals surface area contributed by atoms with Crippen molar-refractivity contribution in [3.05, 3.63) is 89.9 Å². The number of rotatable bonds is 7. The summed E-state index contributed by atoms with van der Waals surface area (Å²) in [7, 11) is 1.85. The smallest absolute Gasteiger partial charge is 0.254 e. The number of hydrogen-bond acceptors (Lipinski definition) is 3. The zero-order valence-corrected chi connectivity index (χ0v) is 21.0. The van der Waals surface area contributed by atoms with Crippen LogP contribution < -0.4 is 0 Å². The van der Waals surface area contributed by atoms with Crippen LogP contribution in [-0.4, -0.2) is 58.5 Å². The summed E-state index contributed by atoms with van der Waals surface area (Å²) in [5, 5.41) is 9.33. The molecule has 2 amide bonds. The van der Waals surface area contributed by atoms with Crippen molar-refractivity contribution in [3.63, 3.8) is 0 Å². The summed E-state index contributed by atoms with van der Waals surface area (Å²) in [5.74, 6) is -0.171. The Bertz CT molecular complexity index is 1400. The molecule has 1 N–H and O–H groups in total. The van der Waals surface area contributed by atoms with E-state index in [1.54, 1.807) is 11.0 Å². The van der Waals surface area contributed by atoms with Crippen LogP contribution in [0, 0.1) is 11.7 Å². The molecular formula is C30H31FN4O2. The maximum atomic E-state index is 13.5. The standard InChI is InChI=1S/C30H31FN4O2/c1-34(16-6-11-25-20-28(33-32-25)23-9-4-10-24(31)19-23)29(36)22-14-17-35(18-15-22)30(37)27-13-5-8-21-7-2-3-12-26(21)27/h2-5,7-10,12-13,19-20,22H,6,11,14-18H2,1H3,(H,32,33). The molecule has 0 saturated carbocycles. The maximum absolute atomic E-state index is 13.5. The normalized spacial score (nSPS) is 14.2. The molecule has 37 heavy (non-hydrogen) atoms. The second-order valence-corrected chi connectivity index (χ2v) is 9.75. The second kappa shape index (κ2) is 10.9. The van der Waals surface area contributed by atoms with E-state index in [2.05, 4.69) is 10.2 Å². The average Bonchev–Trinajstić information content (AvgIpc) is 3.41. The van der Waals surface area contributed by atoms with Crippen LogP contribution in [0.4, 0.5) is 4.39 Å². The molecule has 0 spiro atoms. The van der Waals surface area contributed by atoms with Crippen molar-refractivity contribution in [2.24, 2.45) is 5.92 Å². The lowest BCUT2D eigenvalue weighted by molar-refractivity contribution is -0.135. The van der Waals surface area contributed by atoms with Crippen molar-refractivity contribution in [2.75, 3.05) is 26.7 Å². The van der Waals surface area contributed by atoms with Gasteiger partial charge in [0.15, 0.2) is 0 Å². The number of aromatic nitrogens is 2. The van der Waals surface area contributed by atoms with Crippen LogP contribution >= 0.6 is 0 Å². The number of benzene rings is 3. The number of nitrogens with one attached hydrogen (secondary N) is 1. The molecule has 1 aromatic heterocycles. The van der Waals surface area contributed by atoms with E-state index in [0.717, 1.165) is 40.4 Å². The number of aryl methyl sites for hydroxylation is 1. The van der Waals surface area contributed by atoms with Gasteiger partial charge in [-0.15, -0.1) is 0 Å². The molecule has 1 aliphatic heterocycles. The number of carbonyl (C=O) groups is 2. The van der Waals surface area contributed by atoms with Crippen LogP contribution in [0.25, 0.3) is 22.0 Å². The minimum absolute atomic E-state index is 0.0354. The number of fused-ring (bicyclic) bond motifs is 1. The highest BCUT2D eigenvalue weighted by Crippen LogP contribution is 2.25.